The molecule has 1 aromatic heterocycles. The number of nitrogens with two attached hydrogens (primary N) is 1. The highest BCUT2D eigenvalue weighted by atomic mass is 79.9. The van der Waals surface area contributed by atoms with Crippen LogP contribution in [0.15, 0.2) is 33.3 Å². The molecule has 0 aliphatic rings. The van der Waals surface area contributed by atoms with E-state index in [4.69, 9.17) is 22.2 Å². The zero-order chi connectivity index (χ0) is 15.4. The number of aromatic nitrogens is 2. The Kier molecular flexibility index (Phi) is 6.21. The topological polar surface area (TPSA) is 65.1 Å². The van der Waals surface area contributed by atoms with E-state index in [1.165, 1.54) is 0 Å². The molecule has 2 aromatic rings. The third-order valence-corrected chi connectivity index (χ3v) is 4.59. The van der Waals surface area contributed by atoms with Crippen molar-refractivity contribution in [2.24, 2.45) is 5.84 Å². The maximum atomic E-state index is 6.00. The predicted octanol–water partition coefficient (Wildman–Crippen LogP) is 3.26. The first-order chi connectivity index (χ1) is 10.1. The summed E-state index contributed by atoms with van der Waals surface area (Å²) in [5, 5.41) is 5.01. The molecule has 3 N–H and O–H groups in total. The molecule has 0 saturated heterocycles. The van der Waals surface area contributed by atoms with E-state index in [0.717, 1.165) is 20.2 Å². The van der Waals surface area contributed by atoms with Crippen LogP contribution >= 0.6 is 43.5 Å². The molecule has 1 aromatic carbocycles. The van der Waals surface area contributed by atoms with E-state index in [1.54, 1.807) is 13.3 Å². The van der Waals surface area contributed by atoms with Gasteiger partial charge in [0.2, 0.25) is 0 Å². The molecule has 0 bridgehead atoms. The summed E-state index contributed by atoms with van der Waals surface area (Å²) in [6.07, 6.45) is 1.75. The number of hydrogen-bond donors (Lipinski definition) is 2. The van der Waals surface area contributed by atoms with Gasteiger partial charge >= 0.3 is 0 Å². The molecule has 2 rings (SSSR count). The van der Waals surface area contributed by atoms with E-state index in [9.17, 15) is 0 Å². The van der Waals surface area contributed by atoms with Crippen LogP contribution < -0.4 is 11.3 Å². The Labute approximate surface area is 145 Å². The lowest BCUT2D eigenvalue weighted by atomic mass is 10.0. The first kappa shape index (κ1) is 16.9. The standard InChI is InChI=1S/C13H15Br2ClN4O/c1-21-5-4-20-13(11(15)7-18-20)12(19-17)9-3-2-8(16)6-10(9)14/h2-3,6-7,12,19H,4-5,17H2,1H3. The first-order valence-corrected chi connectivity index (χ1v) is 8.16. The van der Waals surface area contributed by atoms with E-state index in [0.29, 0.717) is 18.2 Å². The molecule has 0 aliphatic heterocycles. The Morgan fingerprint density at radius 1 is 1.43 bits per heavy atom. The highest BCUT2D eigenvalue weighted by Crippen LogP contribution is 2.33. The van der Waals surface area contributed by atoms with Crippen molar-refractivity contribution in [1.82, 2.24) is 15.2 Å². The molecule has 0 spiro atoms. The minimum absolute atomic E-state index is 0.231. The maximum Gasteiger partial charge on any atom is 0.0900 e. The smallest absolute Gasteiger partial charge is 0.0900 e. The molecule has 0 radical (unpaired) electrons. The van der Waals surface area contributed by atoms with Crippen molar-refractivity contribution in [2.45, 2.75) is 12.6 Å². The molecule has 1 atom stereocenters. The Morgan fingerprint density at radius 2 is 2.19 bits per heavy atom. The summed E-state index contributed by atoms with van der Waals surface area (Å²) in [5.41, 5.74) is 4.74. The second kappa shape index (κ2) is 7.71. The summed E-state index contributed by atoms with van der Waals surface area (Å²) >= 11 is 13.0. The van der Waals surface area contributed by atoms with Crippen LogP contribution in [0.1, 0.15) is 17.3 Å². The molecule has 1 unspecified atom stereocenters. The second-order valence-corrected chi connectivity index (χ2v) is 6.50. The minimum Gasteiger partial charge on any atom is -0.383 e. The number of nitrogens with zero attached hydrogens (tertiary/aromatic N) is 2. The normalized spacial score (nSPS) is 12.6. The number of nitrogens with one attached hydrogen (secondary N) is 1. The van der Waals surface area contributed by atoms with Gasteiger partial charge in [0.15, 0.2) is 0 Å². The van der Waals surface area contributed by atoms with Crippen molar-refractivity contribution >= 4 is 43.5 Å². The van der Waals surface area contributed by atoms with E-state index in [1.807, 2.05) is 22.9 Å². The van der Waals surface area contributed by atoms with Gasteiger partial charge < -0.3 is 4.74 Å². The van der Waals surface area contributed by atoms with Crippen molar-refractivity contribution in [2.75, 3.05) is 13.7 Å². The van der Waals surface area contributed by atoms with Crippen LogP contribution in [-0.4, -0.2) is 23.5 Å². The highest BCUT2D eigenvalue weighted by Gasteiger charge is 2.22. The van der Waals surface area contributed by atoms with Crippen LogP contribution in [0.2, 0.25) is 5.02 Å². The van der Waals surface area contributed by atoms with Gasteiger partial charge in [-0.25, -0.2) is 5.43 Å². The summed E-state index contributed by atoms with van der Waals surface area (Å²) < 4.78 is 8.73. The lowest BCUT2D eigenvalue weighted by molar-refractivity contribution is 0.182. The van der Waals surface area contributed by atoms with Crippen molar-refractivity contribution in [3.05, 3.63) is 49.6 Å². The van der Waals surface area contributed by atoms with Crippen LogP contribution in [0.3, 0.4) is 0 Å². The number of halogens is 3. The van der Waals surface area contributed by atoms with Gasteiger partial charge in [0.25, 0.3) is 0 Å². The lowest BCUT2D eigenvalue weighted by Crippen LogP contribution is -2.31. The van der Waals surface area contributed by atoms with Crippen LogP contribution in [-0.2, 0) is 11.3 Å². The van der Waals surface area contributed by atoms with E-state index < -0.39 is 0 Å². The zero-order valence-corrected chi connectivity index (χ0v) is 15.2. The average Bonchev–Trinajstić information content (AvgIpc) is 2.81. The SMILES string of the molecule is COCCn1ncc(Br)c1C(NN)c1ccc(Cl)cc1Br. The molecule has 5 nitrogen and oxygen atoms in total. The quantitative estimate of drug-likeness (QED) is 0.537. The van der Waals surface area contributed by atoms with Gasteiger partial charge in [-0.1, -0.05) is 33.6 Å². The molecule has 21 heavy (non-hydrogen) atoms. The molecule has 0 fully saturated rings. The number of hydrogen-bond acceptors (Lipinski definition) is 4. The predicted molar refractivity (Wildman–Crippen MR) is 90.1 cm³/mol. The average molecular weight is 439 g/mol. The largest absolute Gasteiger partial charge is 0.383 e. The molecule has 8 heteroatoms. The summed E-state index contributed by atoms with van der Waals surface area (Å²) in [6, 6.07) is 5.36. The van der Waals surface area contributed by atoms with Crippen molar-refractivity contribution in [1.29, 1.82) is 0 Å². The van der Waals surface area contributed by atoms with Gasteiger partial charge in [0.1, 0.15) is 0 Å². The van der Waals surface area contributed by atoms with E-state index >= 15 is 0 Å². The van der Waals surface area contributed by atoms with Gasteiger partial charge in [-0.3, -0.25) is 10.5 Å². The molecule has 0 saturated carbocycles. The van der Waals surface area contributed by atoms with Crippen molar-refractivity contribution in [3.8, 4) is 0 Å². The van der Waals surface area contributed by atoms with Crippen LogP contribution in [0.4, 0.5) is 0 Å². The summed E-state index contributed by atoms with van der Waals surface area (Å²) in [4.78, 5) is 0. The van der Waals surface area contributed by atoms with Crippen molar-refractivity contribution in [3.63, 3.8) is 0 Å². The van der Waals surface area contributed by atoms with Gasteiger partial charge in [-0.2, -0.15) is 5.10 Å². The van der Waals surface area contributed by atoms with E-state index in [2.05, 4.69) is 42.4 Å². The number of methoxy groups -OCH3 is 1. The van der Waals surface area contributed by atoms with Crippen molar-refractivity contribution < 1.29 is 4.74 Å². The summed E-state index contributed by atoms with van der Waals surface area (Å²) in [6.45, 7) is 1.21. The fourth-order valence-electron chi connectivity index (χ4n) is 2.07. The Hall–Kier alpha value is -0.440. The van der Waals surface area contributed by atoms with Gasteiger partial charge in [0, 0.05) is 16.6 Å². The van der Waals surface area contributed by atoms with Gasteiger partial charge in [-0.15, -0.1) is 0 Å². The monoisotopic (exact) mass is 436 g/mol. The Bertz CT molecular complexity index is 620. The van der Waals surface area contributed by atoms with Crippen LogP contribution in [0, 0.1) is 0 Å². The number of ether oxygens (including phenoxy) is 1. The Balaban J connectivity index is 2.43. The maximum absolute atomic E-state index is 6.00. The van der Waals surface area contributed by atoms with Crippen LogP contribution in [0.25, 0.3) is 0 Å². The number of benzene rings is 1. The fraction of sp³-hybridized carbons (Fsp3) is 0.308. The number of rotatable bonds is 6. The minimum atomic E-state index is -0.231. The highest BCUT2D eigenvalue weighted by molar-refractivity contribution is 9.10. The molecule has 0 amide bonds. The Morgan fingerprint density at radius 3 is 2.81 bits per heavy atom. The molecule has 114 valence electrons. The molecular formula is C13H15Br2ClN4O. The molecule has 0 aliphatic carbocycles. The number of hydrazine groups is 1. The lowest BCUT2D eigenvalue weighted by Gasteiger charge is -2.20. The molecule has 1 heterocycles. The van der Waals surface area contributed by atoms with E-state index in [-0.39, 0.29) is 6.04 Å². The first-order valence-electron chi connectivity index (χ1n) is 6.19. The third kappa shape index (κ3) is 3.85. The fourth-order valence-corrected chi connectivity index (χ4v) is 3.50. The van der Waals surface area contributed by atoms with Gasteiger partial charge in [-0.05, 0) is 33.6 Å². The third-order valence-electron chi connectivity index (χ3n) is 3.05. The zero-order valence-electron chi connectivity index (χ0n) is 11.3. The second-order valence-electron chi connectivity index (χ2n) is 4.36. The van der Waals surface area contributed by atoms with Gasteiger partial charge in [0.05, 0.1) is 35.6 Å². The van der Waals surface area contributed by atoms with Crippen LogP contribution in [0.5, 0.6) is 0 Å². The summed E-state index contributed by atoms with van der Waals surface area (Å²) in [5.74, 6) is 5.77. The molecular weight excluding hydrogens is 423 g/mol. The summed E-state index contributed by atoms with van der Waals surface area (Å²) in [7, 11) is 1.66.